The monoisotopic (exact) mass is 303 g/mol. The number of hydrogen-bond acceptors (Lipinski definition) is 2. The lowest BCUT2D eigenvalue weighted by atomic mass is 10.0. The summed E-state index contributed by atoms with van der Waals surface area (Å²) in [5.74, 6) is 0. The summed E-state index contributed by atoms with van der Waals surface area (Å²) in [5, 5.41) is 14.4. The molecule has 0 radical (unpaired) electrons. The molecule has 2 nitrogen and oxygen atoms in total. The third kappa shape index (κ3) is 3.99. The molecule has 0 bridgehead atoms. The lowest BCUT2D eigenvalue weighted by Crippen LogP contribution is -2.14. The molecule has 0 fully saturated rings. The van der Waals surface area contributed by atoms with E-state index in [9.17, 15) is 5.11 Å². The average molecular weight is 304 g/mol. The smallest absolute Gasteiger partial charge is 0.0962 e. The van der Waals surface area contributed by atoms with Crippen LogP contribution in [0.25, 0.3) is 0 Å². The number of nitrogens with one attached hydrogen (secondary N) is 1. The lowest BCUT2D eigenvalue weighted by Gasteiger charge is -2.18. The van der Waals surface area contributed by atoms with Crippen LogP contribution in [0.5, 0.6) is 0 Å². The molecule has 0 heterocycles. The molecule has 21 heavy (non-hydrogen) atoms. The minimum absolute atomic E-state index is 0.492. The van der Waals surface area contributed by atoms with Crippen molar-refractivity contribution in [3.63, 3.8) is 0 Å². The lowest BCUT2D eigenvalue weighted by molar-refractivity contribution is 0.191. The van der Waals surface area contributed by atoms with Crippen molar-refractivity contribution in [3.8, 4) is 0 Å². The SMILES string of the molecule is CCc1cccc(CC)c1NCC(O)c1ccc(Cl)cc1. The molecule has 0 aliphatic heterocycles. The molecule has 0 amide bonds. The van der Waals surface area contributed by atoms with Crippen LogP contribution in [-0.4, -0.2) is 11.7 Å². The van der Waals surface area contributed by atoms with Gasteiger partial charge in [-0.2, -0.15) is 0 Å². The molecule has 0 aliphatic carbocycles. The summed E-state index contributed by atoms with van der Waals surface area (Å²) in [6.45, 7) is 4.79. The normalized spacial score (nSPS) is 12.2. The van der Waals surface area contributed by atoms with E-state index in [1.165, 1.54) is 11.1 Å². The Labute approximate surface area is 131 Å². The van der Waals surface area contributed by atoms with E-state index in [-0.39, 0.29) is 0 Å². The van der Waals surface area contributed by atoms with Gasteiger partial charge in [0.25, 0.3) is 0 Å². The number of halogens is 1. The Kier molecular flexibility index (Phi) is 5.66. The van der Waals surface area contributed by atoms with Gasteiger partial charge in [-0.25, -0.2) is 0 Å². The second-order valence-electron chi connectivity index (χ2n) is 5.11. The molecule has 2 N–H and O–H groups in total. The highest BCUT2D eigenvalue weighted by Gasteiger charge is 2.10. The first-order chi connectivity index (χ1) is 10.2. The number of rotatable bonds is 6. The zero-order valence-electron chi connectivity index (χ0n) is 12.6. The Morgan fingerprint density at radius 1 is 1.00 bits per heavy atom. The number of aryl methyl sites for hydroxylation is 2. The molecule has 0 saturated carbocycles. The van der Waals surface area contributed by atoms with E-state index in [1.54, 1.807) is 12.1 Å². The minimum atomic E-state index is -0.545. The molecule has 1 atom stereocenters. The maximum absolute atomic E-state index is 10.3. The van der Waals surface area contributed by atoms with Gasteiger partial charge >= 0.3 is 0 Å². The van der Waals surface area contributed by atoms with Crippen molar-refractivity contribution >= 4 is 17.3 Å². The topological polar surface area (TPSA) is 32.3 Å². The van der Waals surface area contributed by atoms with Gasteiger partial charge in [-0.15, -0.1) is 0 Å². The Bertz CT molecular complexity index is 558. The second-order valence-corrected chi connectivity index (χ2v) is 5.54. The van der Waals surface area contributed by atoms with Gasteiger partial charge in [-0.3, -0.25) is 0 Å². The molecule has 0 spiro atoms. The van der Waals surface area contributed by atoms with E-state index in [0.717, 1.165) is 24.1 Å². The van der Waals surface area contributed by atoms with Crippen LogP contribution in [0, 0.1) is 0 Å². The quantitative estimate of drug-likeness (QED) is 0.816. The molecule has 2 aromatic carbocycles. The van der Waals surface area contributed by atoms with Gasteiger partial charge in [-0.1, -0.05) is 55.8 Å². The van der Waals surface area contributed by atoms with Gasteiger partial charge in [0.2, 0.25) is 0 Å². The van der Waals surface area contributed by atoms with Crippen molar-refractivity contribution in [1.82, 2.24) is 0 Å². The highest BCUT2D eigenvalue weighted by molar-refractivity contribution is 6.30. The molecule has 0 saturated heterocycles. The van der Waals surface area contributed by atoms with Crippen LogP contribution in [0.4, 0.5) is 5.69 Å². The summed E-state index contributed by atoms with van der Waals surface area (Å²) in [5.41, 5.74) is 4.62. The molecular formula is C18H22ClNO. The summed E-state index contributed by atoms with van der Waals surface area (Å²) in [7, 11) is 0. The molecule has 112 valence electrons. The van der Waals surface area contributed by atoms with Crippen molar-refractivity contribution in [2.24, 2.45) is 0 Å². The fourth-order valence-corrected chi connectivity index (χ4v) is 2.60. The van der Waals surface area contributed by atoms with Crippen molar-refractivity contribution in [1.29, 1.82) is 0 Å². The van der Waals surface area contributed by atoms with Crippen molar-refractivity contribution in [3.05, 3.63) is 64.2 Å². The first kappa shape index (κ1) is 15.9. The Morgan fingerprint density at radius 3 is 2.10 bits per heavy atom. The van der Waals surface area contributed by atoms with Gasteiger partial charge in [0, 0.05) is 17.3 Å². The summed E-state index contributed by atoms with van der Waals surface area (Å²) in [6, 6.07) is 13.7. The van der Waals surface area contributed by atoms with E-state index in [0.29, 0.717) is 11.6 Å². The number of anilines is 1. The van der Waals surface area contributed by atoms with Crippen LogP contribution in [-0.2, 0) is 12.8 Å². The van der Waals surface area contributed by atoms with Gasteiger partial charge in [0.05, 0.1) is 6.10 Å². The first-order valence-corrected chi connectivity index (χ1v) is 7.81. The van der Waals surface area contributed by atoms with E-state index in [2.05, 4.69) is 37.4 Å². The summed E-state index contributed by atoms with van der Waals surface area (Å²) < 4.78 is 0. The van der Waals surface area contributed by atoms with E-state index in [1.807, 2.05) is 12.1 Å². The highest BCUT2D eigenvalue weighted by Crippen LogP contribution is 2.24. The number of para-hydroxylation sites is 1. The summed E-state index contributed by atoms with van der Waals surface area (Å²) in [4.78, 5) is 0. The van der Waals surface area contributed by atoms with E-state index < -0.39 is 6.10 Å². The second kappa shape index (κ2) is 7.48. The fourth-order valence-electron chi connectivity index (χ4n) is 2.47. The van der Waals surface area contributed by atoms with Crippen LogP contribution in [0.15, 0.2) is 42.5 Å². The Balaban J connectivity index is 2.10. The predicted octanol–water partition coefficient (Wildman–Crippen LogP) is 4.61. The van der Waals surface area contributed by atoms with Gasteiger partial charge in [0.1, 0.15) is 0 Å². The largest absolute Gasteiger partial charge is 0.387 e. The van der Waals surface area contributed by atoms with Gasteiger partial charge in [-0.05, 0) is 41.7 Å². The van der Waals surface area contributed by atoms with E-state index >= 15 is 0 Å². The van der Waals surface area contributed by atoms with Crippen molar-refractivity contribution < 1.29 is 5.11 Å². The van der Waals surface area contributed by atoms with Crippen molar-refractivity contribution in [2.75, 3.05) is 11.9 Å². The van der Waals surface area contributed by atoms with Crippen LogP contribution in [0.3, 0.4) is 0 Å². The standard InChI is InChI=1S/C18H22ClNO/c1-3-13-6-5-7-14(4-2)18(13)20-12-17(21)15-8-10-16(19)11-9-15/h5-11,17,20-21H,3-4,12H2,1-2H3. The molecule has 0 aliphatic rings. The molecule has 2 aromatic rings. The molecule has 3 heteroatoms. The summed E-state index contributed by atoms with van der Waals surface area (Å²) in [6.07, 6.45) is 1.41. The minimum Gasteiger partial charge on any atom is -0.387 e. The Hall–Kier alpha value is -1.51. The number of aliphatic hydroxyl groups excluding tert-OH is 1. The highest BCUT2D eigenvalue weighted by atomic mass is 35.5. The average Bonchev–Trinajstić information content (AvgIpc) is 2.52. The van der Waals surface area contributed by atoms with Crippen LogP contribution < -0.4 is 5.32 Å². The fraction of sp³-hybridized carbons (Fsp3) is 0.333. The van der Waals surface area contributed by atoms with E-state index in [4.69, 9.17) is 11.6 Å². The van der Waals surface area contributed by atoms with Crippen LogP contribution in [0.2, 0.25) is 5.02 Å². The number of aliphatic hydroxyl groups is 1. The van der Waals surface area contributed by atoms with Crippen LogP contribution in [0.1, 0.15) is 36.6 Å². The zero-order chi connectivity index (χ0) is 15.2. The van der Waals surface area contributed by atoms with Gasteiger partial charge in [0.15, 0.2) is 0 Å². The molecule has 2 rings (SSSR count). The molecule has 1 unspecified atom stereocenters. The number of benzene rings is 2. The number of hydrogen-bond donors (Lipinski definition) is 2. The first-order valence-electron chi connectivity index (χ1n) is 7.43. The molecule has 0 aromatic heterocycles. The van der Waals surface area contributed by atoms with Crippen LogP contribution >= 0.6 is 11.6 Å². The molecular weight excluding hydrogens is 282 g/mol. The maximum atomic E-state index is 10.3. The third-order valence-corrected chi connectivity index (χ3v) is 3.98. The predicted molar refractivity (Wildman–Crippen MR) is 90.1 cm³/mol. The Morgan fingerprint density at radius 2 is 1.57 bits per heavy atom. The maximum Gasteiger partial charge on any atom is 0.0962 e. The third-order valence-electron chi connectivity index (χ3n) is 3.73. The zero-order valence-corrected chi connectivity index (χ0v) is 13.3. The summed E-state index contributed by atoms with van der Waals surface area (Å²) >= 11 is 5.87. The van der Waals surface area contributed by atoms with Gasteiger partial charge < -0.3 is 10.4 Å². The van der Waals surface area contributed by atoms with Crippen molar-refractivity contribution in [2.45, 2.75) is 32.8 Å².